The van der Waals surface area contributed by atoms with Crippen molar-refractivity contribution in [2.24, 2.45) is 0 Å². The largest absolute Gasteiger partial charge is 0.352 e. The number of hydrogen-bond donors (Lipinski definition) is 2. The number of urea groups is 1. The smallest absolute Gasteiger partial charge is 0.321 e. The van der Waals surface area contributed by atoms with Gasteiger partial charge in [0.05, 0.1) is 11.9 Å². The average Bonchev–Trinajstić information content (AvgIpc) is 2.77. The first-order valence-corrected chi connectivity index (χ1v) is 9.62. The van der Waals surface area contributed by atoms with Crippen LogP contribution in [0.15, 0.2) is 60.9 Å². The molecule has 1 aromatic carbocycles. The minimum absolute atomic E-state index is 0.117. The van der Waals surface area contributed by atoms with E-state index in [0.717, 1.165) is 17.2 Å². The van der Waals surface area contributed by atoms with Crippen molar-refractivity contribution in [3.05, 3.63) is 65.9 Å². The van der Waals surface area contributed by atoms with Crippen molar-refractivity contribution >= 4 is 40.6 Å². The maximum atomic E-state index is 12.4. The van der Waals surface area contributed by atoms with E-state index in [0.29, 0.717) is 37.0 Å². The molecule has 1 aliphatic heterocycles. The maximum Gasteiger partial charge on any atom is 0.321 e. The monoisotopic (exact) mass is 409 g/mol. The number of carbonyl (C=O) groups excluding carboxylic acids is 1. The van der Waals surface area contributed by atoms with Crippen molar-refractivity contribution in [3.8, 4) is 0 Å². The standard InChI is InChI=1S/C20H20ClN7O/c21-15-3-5-16(6-4-15)24-20(29)28-12-10-27(11-13-28)19-8-7-18(25-26-19)23-17-2-1-9-22-14-17/h1-9,14H,10-13H2,(H,23,25)(H,24,29). The topological polar surface area (TPSA) is 86.3 Å². The molecule has 9 heteroatoms. The zero-order valence-corrected chi connectivity index (χ0v) is 16.4. The summed E-state index contributed by atoms with van der Waals surface area (Å²) in [7, 11) is 0. The molecule has 0 unspecified atom stereocenters. The molecule has 2 amide bonds. The summed E-state index contributed by atoms with van der Waals surface area (Å²) in [6.45, 7) is 2.60. The van der Waals surface area contributed by atoms with Crippen LogP contribution in [0.25, 0.3) is 0 Å². The summed E-state index contributed by atoms with van der Waals surface area (Å²) >= 11 is 5.87. The van der Waals surface area contributed by atoms with Gasteiger partial charge in [-0.1, -0.05) is 11.6 Å². The number of piperazine rings is 1. The molecular weight excluding hydrogens is 390 g/mol. The van der Waals surface area contributed by atoms with Crippen LogP contribution in [0.3, 0.4) is 0 Å². The minimum Gasteiger partial charge on any atom is -0.352 e. The van der Waals surface area contributed by atoms with Gasteiger partial charge in [0.15, 0.2) is 11.6 Å². The van der Waals surface area contributed by atoms with Gasteiger partial charge in [-0.3, -0.25) is 4.98 Å². The van der Waals surface area contributed by atoms with Crippen LogP contribution in [0.2, 0.25) is 5.02 Å². The number of carbonyl (C=O) groups is 1. The van der Waals surface area contributed by atoms with Gasteiger partial charge in [0.2, 0.25) is 0 Å². The maximum absolute atomic E-state index is 12.4. The molecule has 2 aromatic heterocycles. The Hall–Kier alpha value is -3.39. The van der Waals surface area contributed by atoms with Crippen LogP contribution in [0.1, 0.15) is 0 Å². The van der Waals surface area contributed by atoms with Gasteiger partial charge in [-0.2, -0.15) is 0 Å². The molecule has 8 nitrogen and oxygen atoms in total. The van der Waals surface area contributed by atoms with E-state index in [9.17, 15) is 4.79 Å². The number of aromatic nitrogens is 3. The third-order valence-electron chi connectivity index (χ3n) is 4.57. The number of pyridine rings is 1. The zero-order valence-electron chi connectivity index (χ0n) is 15.6. The number of rotatable bonds is 4. The van der Waals surface area contributed by atoms with Crippen LogP contribution < -0.4 is 15.5 Å². The average molecular weight is 410 g/mol. The second-order valence-electron chi connectivity index (χ2n) is 6.55. The van der Waals surface area contributed by atoms with Crippen LogP contribution in [0, 0.1) is 0 Å². The molecule has 0 spiro atoms. The summed E-state index contributed by atoms with van der Waals surface area (Å²) in [5.41, 5.74) is 1.58. The van der Waals surface area contributed by atoms with E-state index < -0.39 is 0 Å². The number of amides is 2. The molecule has 1 aliphatic rings. The summed E-state index contributed by atoms with van der Waals surface area (Å²) in [5.74, 6) is 1.45. The lowest BCUT2D eigenvalue weighted by Gasteiger charge is -2.35. The third-order valence-corrected chi connectivity index (χ3v) is 4.82. The van der Waals surface area contributed by atoms with Crippen molar-refractivity contribution in [3.63, 3.8) is 0 Å². The van der Waals surface area contributed by atoms with Gasteiger partial charge in [0.1, 0.15) is 0 Å². The molecule has 4 rings (SSSR count). The highest BCUT2D eigenvalue weighted by Crippen LogP contribution is 2.18. The third kappa shape index (κ3) is 4.91. The van der Waals surface area contributed by atoms with Crippen LogP contribution in [-0.2, 0) is 0 Å². The van der Waals surface area contributed by atoms with Crippen LogP contribution in [0.5, 0.6) is 0 Å². The Morgan fingerprint density at radius 3 is 2.38 bits per heavy atom. The van der Waals surface area contributed by atoms with Gasteiger partial charge in [0, 0.05) is 43.1 Å². The van der Waals surface area contributed by atoms with Gasteiger partial charge >= 0.3 is 6.03 Å². The fourth-order valence-corrected chi connectivity index (χ4v) is 3.15. The highest BCUT2D eigenvalue weighted by Gasteiger charge is 2.22. The van der Waals surface area contributed by atoms with E-state index in [1.54, 1.807) is 41.6 Å². The lowest BCUT2D eigenvalue weighted by Crippen LogP contribution is -2.50. The first-order valence-electron chi connectivity index (χ1n) is 9.24. The molecule has 0 saturated carbocycles. The van der Waals surface area contributed by atoms with Crippen molar-refractivity contribution in [1.29, 1.82) is 0 Å². The van der Waals surface area contributed by atoms with Crippen molar-refractivity contribution in [1.82, 2.24) is 20.1 Å². The normalized spacial score (nSPS) is 13.8. The summed E-state index contributed by atoms with van der Waals surface area (Å²) in [6, 6.07) is 14.5. The lowest BCUT2D eigenvalue weighted by atomic mass is 10.3. The second-order valence-corrected chi connectivity index (χ2v) is 6.99. The van der Waals surface area contributed by atoms with Crippen molar-refractivity contribution < 1.29 is 4.79 Å². The number of hydrogen-bond acceptors (Lipinski definition) is 6. The summed E-state index contributed by atoms with van der Waals surface area (Å²) in [4.78, 5) is 20.4. The molecule has 0 aliphatic carbocycles. The summed E-state index contributed by atoms with van der Waals surface area (Å²) in [5, 5.41) is 15.2. The second kappa shape index (κ2) is 8.74. The molecule has 3 aromatic rings. The summed E-state index contributed by atoms with van der Waals surface area (Å²) in [6.07, 6.45) is 3.44. The number of anilines is 4. The van der Waals surface area contributed by atoms with E-state index in [-0.39, 0.29) is 6.03 Å². The number of nitrogens with zero attached hydrogens (tertiary/aromatic N) is 5. The van der Waals surface area contributed by atoms with Crippen LogP contribution in [0.4, 0.5) is 27.8 Å². The molecule has 0 radical (unpaired) electrons. The predicted octanol–water partition coefficient (Wildman–Crippen LogP) is 3.62. The minimum atomic E-state index is -0.117. The van der Waals surface area contributed by atoms with Gasteiger partial charge in [-0.25, -0.2) is 4.79 Å². The Morgan fingerprint density at radius 1 is 0.931 bits per heavy atom. The van der Waals surface area contributed by atoms with E-state index in [1.165, 1.54) is 0 Å². The van der Waals surface area contributed by atoms with E-state index in [4.69, 9.17) is 11.6 Å². The van der Waals surface area contributed by atoms with Gasteiger partial charge in [0.25, 0.3) is 0 Å². The zero-order chi connectivity index (χ0) is 20.1. The molecule has 3 heterocycles. The Bertz CT molecular complexity index is 943. The molecule has 1 saturated heterocycles. The lowest BCUT2D eigenvalue weighted by molar-refractivity contribution is 0.208. The molecule has 29 heavy (non-hydrogen) atoms. The van der Waals surface area contributed by atoms with Crippen LogP contribution >= 0.6 is 11.6 Å². The van der Waals surface area contributed by atoms with E-state index in [1.807, 2.05) is 24.3 Å². The molecule has 1 fully saturated rings. The van der Waals surface area contributed by atoms with Gasteiger partial charge < -0.3 is 20.4 Å². The Kier molecular flexibility index (Phi) is 5.71. The van der Waals surface area contributed by atoms with Gasteiger partial charge in [-0.15, -0.1) is 10.2 Å². The summed E-state index contributed by atoms with van der Waals surface area (Å²) < 4.78 is 0. The highest BCUT2D eigenvalue weighted by molar-refractivity contribution is 6.30. The first-order chi connectivity index (χ1) is 14.2. The molecule has 148 valence electrons. The number of benzene rings is 1. The number of nitrogens with one attached hydrogen (secondary N) is 2. The predicted molar refractivity (Wildman–Crippen MR) is 114 cm³/mol. The first kappa shape index (κ1) is 18.9. The molecule has 0 bridgehead atoms. The van der Waals surface area contributed by atoms with E-state index in [2.05, 4.69) is 30.7 Å². The molecule has 0 atom stereocenters. The molecular formula is C20H20ClN7O. The van der Waals surface area contributed by atoms with Crippen LogP contribution in [-0.4, -0.2) is 52.3 Å². The Balaban J connectivity index is 1.30. The molecule has 2 N–H and O–H groups in total. The quantitative estimate of drug-likeness (QED) is 0.684. The fraction of sp³-hybridized carbons (Fsp3) is 0.200. The SMILES string of the molecule is O=C(Nc1ccc(Cl)cc1)N1CCN(c2ccc(Nc3cccnc3)nn2)CC1. The highest BCUT2D eigenvalue weighted by atomic mass is 35.5. The number of halogens is 1. The van der Waals surface area contributed by atoms with Gasteiger partial charge in [-0.05, 0) is 48.5 Å². The fourth-order valence-electron chi connectivity index (χ4n) is 3.02. The van der Waals surface area contributed by atoms with Crippen molar-refractivity contribution in [2.45, 2.75) is 0 Å². The van der Waals surface area contributed by atoms with Crippen molar-refractivity contribution in [2.75, 3.05) is 41.7 Å². The Labute approximate surface area is 173 Å². The van der Waals surface area contributed by atoms with E-state index >= 15 is 0 Å². The Morgan fingerprint density at radius 2 is 1.72 bits per heavy atom.